The molecule has 1 aliphatic heterocycles. The first kappa shape index (κ1) is 16.0. The van der Waals surface area contributed by atoms with Crippen molar-refractivity contribution in [2.75, 3.05) is 26.4 Å². The Morgan fingerprint density at radius 2 is 1.86 bits per heavy atom. The predicted octanol–water partition coefficient (Wildman–Crippen LogP) is 0.830. The van der Waals surface area contributed by atoms with E-state index in [9.17, 15) is 13.2 Å². The fraction of sp³-hybridized carbons (Fsp3) is 0.643. The maximum atomic E-state index is 12.5. The molecule has 2 heterocycles. The van der Waals surface area contributed by atoms with E-state index in [2.05, 4.69) is 0 Å². The van der Waals surface area contributed by atoms with Crippen molar-refractivity contribution in [2.24, 2.45) is 7.05 Å². The molecule has 0 atom stereocenters. The second-order valence-corrected chi connectivity index (χ2v) is 7.76. The van der Waals surface area contributed by atoms with Crippen LogP contribution in [0.3, 0.4) is 0 Å². The van der Waals surface area contributed by atoms with Crippen molar-refractivity contribution in [3.05, 3.63) is 23.5 Å². The zero-order valence-electron chi connectivity index (χ0n) is 13.0. The molecule has 2 rings (SSSR count). The van der Waals surface area contributed by atoms with E-state index in [1.165, 1.54) is 10.6 Å². The maximum absolute atomic E-state index is 12.5. The Morgan fingerprint density at radius 3 is 2.29 bits per heavy atom. The van der Waals surface area contributed by atoms with Crippen molar-refractivity contribution in [2.45, 2.75) is 25.8 Å². The number of piperidine rings is 1. The smallest absolute Gasteiger partial charge is 0.270 e. The third-order valence-electron chi connectivity index (χ3n) is 4.38. The highest BCUT2D eigenvalue weighted by molar-refractivity contribution is 7.88. The molecule has 1 saturated heterocycles. The molecule has 1 aliphatic rings. The SMILES string of the molecule is Cc1ccc(C(=O)N2CCC(N(C)S(C)(=O)=O)CC2)n1C. The lowest BCUT2D eigenvalue weighted by Gasteiger charge is -2.35. The molecule has 118 valence electrons. The normalized spacial score (nSPS) is 17.5. The molecule has 6 nitrogen and oxygen atoms in total. The highest BCUT2D eigenvalue weighted by Crippen LogP contribution is 2.19. The van der Waals surface area contributed by atoms with E-state index in [1.807, 2.05) is 30.7 Å². The molecule has 7 heteroatoms. The van der Waals surface area contributed by atoms with Crippen molar-refractivity contribution in [1.29, 1.82) is 0 Å². The molecule has 1 aromatic rings. The first-order chi connectivity index (χ1) is 9.71. The molecular weight excluding hydrogens is 290 g/mol. The average molecular weight is 313 g/mol. The number of nitrogens with zero attached hydrogens (tertiary/aromatic N) is 3. The molecule has 0 unspecified atom stereocenters. The molecule has 0 radical (unpaired) electrons. The number of sulfonamides is 1. The van der Waals surface area contributed by atoms with Gasteiger partial charge in [0, 0.05) is 38.9 Å². The summed E-state index contributed by atoms with van der Waals surface area (Å²) in [6, 6.07) is 3.75. The Labute approximate surface area is 126 Å². The van der Waals surface area contributed by atoms with Gasteiger partial charge in [0.15, 0.2) is 0 Å². The van der Waals surface area contributed by atoms with Crippen molar-refractivity contribution in [1.82, 2.24) is 13.8 Å². The van der Waals surface area contributed by atoms with Gasteiger partial charge in [-0.1, -0.05) is 0 Å². The van der Waals surface area contributed by atoms with Crippen molar-refractivity contribution >= 4 is 15.9 Å². The van der Waals surface area contributed by atoms with Crippen LogP contribution in [0.2, 0.25) is 0 Å². The quantitative estimate of drug-likeness (QED) is 0.830. The van der Waals surface area contributed by atoms with Gasteiger partial charge < -0.3 is 9.47 Å². The highest BCUT2D eigenvalue weighted by atomic mass is 32.2. The van der Waals surface area contributed by atoms with Crippen LogP contribution in [0.5, 0.6) is 0 Å². The fourth-order valence-electron chi connectivity index (χ4n) is 2.69. The molecule has 0 N–H and O–H groups in total. The number of carbonyl (C=O) groups is 1. The number of hydrogen-bond donors (Lipinski definition) is 0. The van der Waals surface area contributed by atoms with E-state index >= 15 is 0 Å². The Hall–Kier alpha value is -1.34. The highest BCUT2D eigenvalue weighted by Gasteiger charge is 2.30. The maximum Gasteiger partial charge on any atom is 0.270 e. The topological polar surface area (TPSA) is 62.6 Å². The van der Waals surface area contributed by atoms with Crippen LogP contribution in [0, 0.1) is 6.92 Å². The van der Waals surface area contributed by atoms with Gasteiger partial charge in [-0.3, -0.25) is 4.79 Å². The van der Waals surface area contributed by atoms with Gasteiger partial charge in [-0.05, 0) is 31.9 Å². The lowest BCUT2D eigenvalue weighted by Crippen LogP contribution is -2.47. The first-order valence-electron chi connectivity index (χ1n) is 7.06. The number of amides is 1. The van der Waals surface area contributed by atoms with Crippen LogP contribution in [-0.4, -0.2) is 60.5 Å². The van der Waals surface area contributed by atoms with E-state index in [0.717, 1.165) is 5.69 Å². The average Bonchev–Trinajstić information content (AvgIpc) is 2.77. The van der Waals surface area contributed by atoms with Crippen LogP contribution >= 0.6 is 0 Å². The van der Waals surface area contributed by atoms with Gasteiger partial charge in [0.05, 0.1) is 6.26 Å². The van der Waals surface area contributed by atoms with Gasteiger partial charge >= 0.3 is 0 Å². The number of likely N-dealkylation sites (tertiary alicyclic amines) is 1. The molecule has 1 amide bonds. The molecule has 0 spiro atoms. The van der Waals surface area contributed by atoms with Gasteiger partial charge in [0.2, 0.25) is 10.0 Å². The van der Waals surface area contributed by atoms with Crippen LogP contribution in [0.15, 0.2) is 12.1 Å². The second-order valence-electron chi connectivity index (χ2n) is 5.72. The number of carbonyl (C=O) groups excluding carboxylic acids is 1. The third kappa shape index (κ3) is 3.29. The van der Waals surface area contributed by atoms with Gasteiger partial charge in [0.1, 0.15) is 5.69 Å². The van der Waals surface area contributed by atoms with Gasteiger partial charge in [0.25, 0.3) is 5.91 Å². The van der Waals surface area contributed by atoms with E-state index in [0.29, 0.717) is 31.6 Å². The molecule has 1 fully saturated rings. The Balaban J connectivity index is 2.01. The summed E-state index contributed by atoms with van der Waals surface area (Å²) in [6.07, 6.45) is 2.58. The molecule has 0 bridgehead atoms. The summed E-state index contributed by atoms with van der Waals surface area (Å²) >= 11 is 0. The summed E-state index contributed by atoms with van der Waals surface area (Å²) in [5.41, 5.74) is 1.73. The molecular formula is C14H23N3O3S. The minimum absolute atomic E-state index is 0.0146. The summed E-state index contributed by atoms with van der Waals surface area (Å²) in [6.45, 7) is 3.14. The largest absolute Gasteiger partial charge is 0.344 e. The zero-order valence-corrected chi connectivity index (χ0v) is 13.9. The Kier molecular flexibility index (Phi) is 4.43. The summed E-state index contributed by atoms with van der Waals surface area (Å²) in [4.78, 5) is 14.3. The number of aromatic nitrogens is 1. The zero-order chi connectivity index (χ0) is 15.8. The van der Waals surface area contributed by atoms with Crippen LogP contribution < -0.4 is 0 Å². The first-order valence-corrected chi connectivity index (χ1v) is 8.91. The Morgan fingerprint density at radius 1 is 1.29 bits per heavy atom. The number of hydrogen-bond acceptors (Lipinski definition) is 3. The molecule has 0 aromatic carbocycles. The standard InChI is InChI=1S/C14H23N3O3S/c1-11-5-6-13(15(11)2)14(18)17-9-7-12(8-10-17)16(3)21(4,19)20/h5-6,12H,7-10H2,1-4H3. The van der Waals surface area contributed by atoms with Crippen LogP contribution in [0.4, 0.5) is 0 Å². The van der Waals surface area contributed by atoms with E-state index < -0.39 is 10.0 Å². The van der Waals surface area contributed by atoms with E-state index in [1.54, 1.807) is 11.9 Å². The van der Waals surface area contributed by atoms with Crippen molar-refractivity contribution in [3.8, 4) is 0 Å². The molecule has 0 aliphatic carbocycles. The summed E-state index contributed by atoms with van der Waals surface area (Å²) in [5, 5.41) is 0. The number of rotatable bonds is 3. The third-order valence-corrected chi connectivity index (χ3v) is 5.73. The summed E-state index contributed by atoms with van der Waals surface area (Å²) < 4.78 is 26.4. The number of aryl methyl sites for hydroxylation is 1. The lowest BCUT2D eigenvalue weighted by molar-refractivity contribution is 0.0676. The van der Waals surface area contributed by atoms with Gasteiger partial charge in [-0.25, -0.2) is 12.7 Å². The molecule has 21 heavy (non-hydrogen) atoms. The molecule has 0 saturated carbocycles. The van der Waals surface area contributed by atoms with E-state index in [-0.39, 0.29) is 11.9 Å². The van der Waals surface area contributed by atoms with Gasteiger partial charge in [-0.2, -0.15) is 0 Å². The van der Waals surface area contributed by atoms with Crippen molar-refractivity contribution in [3.63, 3.8) is 0 Å². The molecule has 1 aromatic heterocycles. The lowest BCUT2D eigenvalue weighted by atomic mass is 10.1. The van der Waals surface area contributed by atoms with Crippen LogP contribution in [0.25, 0.3) is 0 Å². The van der Waals surface area contributed by atoms with Crippen LogP contribution in [0.1, 0.15) is 29.0 Å². The minimum Gasteiger partial charge on any atom is -0.344 e. The predicted molar refractivity (Wildman–Crippen MR) is 81.7 cm³/mol. The minimum atomic E-state index is -3.17. The van der Waals surface area contributed by atoms with Crippen LogP contribution in [-0.2, 0) is 17.1 Å². The van der Waals surface area contributed by atoms with Gasteiger partial charge in [-0.15, -0.1) is 0 Å². The van der Waals surface area contributed by atoms with E-state index in [4.69, 9.17) is 0 Å². The Bertz CT molecular complexity index is 628. The monoisotopic (exact) mass is 313 g/mol. The van der Waals surface area contributed by atoms with Crippen molar-refractivity contribution < 1.29 is 13.2 Å². The second kappa shape index (κ2) is 5.81. The fourth-order valence-corrected chi connectivity index (χ4v) is 3.45. The summed E-state index contributed by atoms with van der Waals surface area (Å²) in [7, 11) is 0.321. The summed E-state index contributed by atoms with van der Waals surface area (Å²) in [5.74, 6) is 0.0195.